The minimum Gasteiger partial charge on any atom is -0.477 e. The first-order valence-corrected chi connectivity index (χ1v) is 8.06. The maximum atomic E-state index is 12.3. The van der Waals surface area contributed by atoms with Gasteiger partial charge in [0.05, 0.1) is 5.39 Å². The van der Waals surface area contributed by atoms with Crippen LogP contribution < -0.4 is 10.3 Å². The molecule has 0 aliphatic rings. The second kappa shape index (κ2) is 6.45. The van der Waals surface area contributed by atoms with Crippen LogP contribution in [0, 0.1) is 6.92 Å². The number of halogens is 3. The van der Waals surface area contributed by atoms with Crippen molar-refractivity contribution in [2.45, 2.75) is 19.7 Å². The highest BCUT2D eigenvalue weighted by molar-refractivity contribution is 7.20. The van der Waals surface area contributed by atoms with Crippen molar-refractivity contribution in [2.75, 3.05) is 0 Å². The lowest BCUT2D eigenvalue weighted by Crippen LogP contribution is -2.17. The number of aromatic amines is 1. The average molecular weight is 384 g/mol. The van der Waals surface area contributed by atoms with E-state index in [0.717, 1.165) is 17.4 Å². The van der Waals surface area contributed by atoms with Crippen LogP contribution >= 0.6 is 11.3 Å². The summed E-state index contributed by atoms with van der Waals surface area (Å²) in [5.74, 6) is -1.31. The minimum absolute atomic E-state index is 0.0238. The quantitative estimate of drug-likeness (QED) is 0.719. The zero-order chi connectivity index (χ0) is 19.1. The highest BCUT2D eigenvalue weighted by atomic mass is 32.1. The number of carboxylic acids is 1. The molecule has 3 aromatic rings. The Morgan fingerprint density at radius 2 is 2.12 bits per heavy atom. The number of H-pyrrole nitrogens is 1. The molecule has 0 unspecified atom stereocenters. The van der Waals surface area contributed by atoms with Crippen molar-refractivity contribution in [3.05, 3.63) is 56.4 Å². The van der Waals surface area contributed by atoms with E-state index < -0.39 is 17.9 Å². The van der Waals surface area contributed by atoms with E-state index in [-0.39, 0.29) is 33.1 Å². The maximum absolute atomic E-state index is 12.3. The standard InChI is InChI=1S/C16H11F3N2O4S/c1-7-11-13(22)20-10(21-14(11)26-12(7)15(23)24)6-8-3-2-4-9(5-8)25-16(17,18)19/h2-5H,6H2,1H3,(H,23,24)(H,20,21,22). The predicted molar refractivity (Wildman–Crippen MR) is 87.9 cm³/mol. The lowest BCUT2D eigenvalue weighted by atomic mass is 10.1. The fourth-order valence-corrected chi connectivity index (χ4v) is 3.56. The van der Waals surface area contributed by atoms with Gasteiger partial charge in [-0.05, 0) is 30.2 Å². The van der Waals surface area contributed by atoms with Crippen molar-refractivity contribution in [2.24, 2.45) is 0 Å². The number of aromatic carboxylic acids is 1. The zero-order valence-corrected chi connectivity index (χ0v) is 14.0. The Morgan fingerprint density at radius 1 is 1.38 bits per heavy atom. The predicted octanol–water partition coefficient (Wildman–Crippen LogP) is 3.48. The van der Waals surface area contributed by atoms with Gasteiger partial charge in [-0.2, -0.15) is 0 Å². The van der Waals surface area contributed by atoms with Crippen LogP contribution in [0.4, 0.5) is 13.2 Å². The molecule has 6 nitrogen and oxygen atoms in total. The van der Waals surface area contributed by atoms with Crippen LogP contribution in [0.2, 0.25) is 0 Å². The zero-order valence-electron chi connectivity index (χ0n) is 13.2. The van der Waals surface area contributed by atoms with Gasteiger partial charge in [-0.3, -0.25) is 4.79 Å². The number of ether oxygens (including phenoxy) is 1. The van der Waals surface area contributed by atoms with Crippen molar-refractivity contribution in [1.29, 1.82) is 0 Å². The number of carboxylic acid groups (broad SMARTS) is 1. The molecule has 0 aliphatic heterocycles. The van der Waals surface area contributed by atoms with Gasteiger partial charge >= 0.3 is 12.3 Å². The topological polar surface area (TPSA) is 92.3 Å². The number of alkyl halides is 3. The van der Waals surface area contributed by atoms with E-state index in [4.69, 9.17) is 5.11 Å². The first-order valence-electron chi connectivity index (χ1n) is 7.24. The SMILES string of the molecule is Cc1c(C(=O)O)sc2nc(Cc3cccc(OC(F)(F)F)c3)[nH]c(=O)c12. The molecule has 136 valence electrons. The average Bonchev–Trinajstić information content (AvgIpc) is 2.83. The number of aromatic nitrogens is 2. The molecule has 2 N–H and O–H groups in total. The molecule has 0 saturated heterocycles. The Kier molecular flexibility index (Phi) is 4.45. The molecule has 0 amide bonds. The first-order chi connectivity index (χ1) is 12.1. The highest BCUT2D eigenvalue weighted by Crippen LogP contribution is 2.27. The van der Waals surface area contributed by atoms with Gasteiger partial charge in [-0.15, -0.1) is 24.5 Å². The van der Waals surface area contributed by atoms with Gasteiger partial charge in [-0.25, -0.2) is 9.78 Å². The van der Waals surface area contributed by atoms with Gasteiger partial charge in [0.2, 0.25) is 0 Å². The summed E-state index contributed by atoms with van der Waals surface area (Å²) in [4.78, 5) is 30.5. The number of thiophene rings is 1. The summed E-state index contributed by atoms with van der Waals surface area (Å²) in [7, 11) is 0. The van der Waals surface area contributed by atoms with Gasteiger partial charge < -0.3 is 14.8 Å². The third-order valence-electron chi connectivity index (χ3n) is 3.55. The summed E-state index contributed by atoms with van der Waals surface area (Å²) in [6, 6.07) is 5.32. The largest absolute Gasteiger partial charge is 0.573 e. The number of hydrogen-bond acceptors (Lipinski definition) is 5. The molecule has 0 aliphatic carbocycles. The smallest absolute Gasteiger partial charge is 0.477 e. The van der Waals surface area contributed by atoms with Crippen LogP contribution in [0.25, 0.3) is 10.2 Å². The van der Waals surface area contributed by atoms with Crippen molar-refractivity contribution in [3.8, 4) is 5.75 Å². The minimum atomic E-state index is -4.80. The number of nitrogens with one attached hydrogen (secondary N) is 1. The van der Waals surface area contributed by atoms with E-state index in [1.807, 2.05) is 0 Å². The molecule has 0 atom stereocenters. The van der Waals surface area contributed by atoms with E-state index >= 15 is 0 Å². The summed E-state index contributed by atoms with van der Waals surface area (Å²) >= 11 is 0.878. The van der Waals surface area contributed by atoms with Crippen LogP contribution in [0.3, 0.4) is 0 Å². The molecular weight excluding hydrogens is 373 g/mol. The molecular formula is C16H11F3N2O4S. The number of hydrogen-bond donors (Lipinski definition) is 2. The van der Waals surface area contributed by atoms with Crippen LogP contribution in [0.1, 0.15) is 26.6 Å². The molecule has 0 radical (unpaired) electrons. The lowest BCUT2D eigenvalue weighted by Gasteiger charge is -2.09. The van der Waals surface area contributed by atoms with Crippen LogP contribution in [0.15, 0.2) is 29.1 Å². The van der Waals surface area contributed by atoms with Crippen LogP contribution in [0.5, 0.6) is 5.75 Å². The Labute approximate surface area is 147 Å². The molecule has 0 fully saturated rings. The van der Waals surface area contributed by atoms with E-state index in [2.05, 4.69) is 14.7 Å². The van der Waals surface area contributed by atoms with Crippen LogP contribution in [-0.4, -0.2) is 27.4 Å². The monoisotopic (exact) mass is 384 g/mol. The summed E-state index contributed by atoms with van der Waals surface area (Å²) in [6.45, 7) is 1.52. The molecule has 26 heavy (non-hydrogen) atoms. The van der Waals surface area contributed by atoms with Crippen molar-refractivity contribution in [1.82, 2.24) is 9.97 Å². The number of nitrogens with zero attached hydrogens (tertiary/aromatic N) is 1. The van der Waals surface area contributed by atoms with Crippen molar-refractivity contribution in [3.63, 3.8) is 0 Å². The Balaban J connectivity index is 1.96. The third kappa shape index (κ3) is 3.69. The highest BCUT2D eigenvalue weighted by Gasteiger charge is 2.31. The molecule has 1 aromatic carbocycles. The van der Waals surface area contributed by atoms with E-state index in [9.17, 15) is 22.8 Å². The van der Waals surface area contributed by atoms with E-state index in [1.54, 1.807) is 6.07 Å². The van der Waals surface area contributed by atoms with Gasteiger partial charge in [0, 0.05) is 6.42 Å². The normalized spacial score (nSPS) is 11.7. The second-order valence-electron chi connectivity index (χ2n) is 5.43. The second-order valence-corrected chi connectivity index (χ2v) is 6.43. The molecule has 10 heteroatoms. The van der Waals surface area contributed by atoms with Crippen molar-refractivity contribution < 1.29 is 27.8 Å². The molecule has 3 rings (SSSR count). The fourth-order valence-electron chi connectivity index (χ4n) is 2.52. The number of carbonyl (C=O) groups is 1. The number of aryl methyl sites for hydroxylation is 1. The fraction of sp³-hybridized carbons (Fsp3) is 0.188. The lowest BCUT2D eigenvalue weighted by molar-refractivity contribution is -0.274. The Hall–Kier alpha value is -2.88. The number of fused-ring (bicyclic) bond motifs is 1. The number of benzene rings is 1. The molecule has 0 spiro atoms. The van der Waals surface area contributed by atoms with Gasteiger partial charge in [0.1, 0.15) is 21.3 Å². The van der Waals surface area contributed by atoms with Crippen molar-refractivity contribution >= 4 is 27.5 Å². The van der Waals surface area contributed by atoms with Gasteiger partial charge in [0.25, 0.3) is 5.56 Å². The Bertz CT molecular complexity index is 1060. The van der Waals surface area contributed by atoms with Gasteiger partial charge in [-0.1, -0.05) is 12.1 Å². The van der Waals surface area contributed by atoms with E-state index in [1.165, 1.54) is 19.1 Å². The summed E-state index contributed by atoms with van der Waals surface area (Å²) < 4.78 is 40.8. The molecule has 0 saturated carbocycles. The molecule has 2 heterocycles. The van der Waals surface area contributed by atoms with Crippen LogP contribution in [-0.2, 0) is 6.42 Å². The summed E-state index contributed by atoms with van der Waals surface area (Å²) in [5, 5.41) is 9.35. The first kappa shape index (κ1) is 17.9. The maximum Gasteiger partial charge on any atom is 0.573 e. The third-order valence-corrected chi connectivity index (χ3v) is 4.72. The molecule has 0 bridgehead atoms. The Morgan fingerprint density at radius 3 is 2.77 bits per heavy atom. The summed E-state index contributed by atoms with van der Waals surface area (Å²) in [6.07, 6.45) is -4.74. The van der Waals surface area contributed by atoms with Gasteiger partial charge in [0.15, 0.2) is 0 Å². The van der Waals surface area contributed by atoms with E-state index in [0.29, 0.717) is 11.1 Å². The summed E-state index contributed by atoms with van der Waals surface area (Å²) in [5.41, 5.74) is 0.285. The molecule has 2 aromatic heterocycles. The number of rotatable bonds is 4.